The van der Waals surface area contributed by atoms with E-state index in [0.29, 0.717) is 35.8 Å². The third-order valence-electron chi connectivity index (χ3n) is 10.1. The Balaban J connectivity index is 1.21. The molecule has 0 amide bonds. The Bertz CT molecular complexity index is 1990. The van der Waals surface area contributed by atoms with Crippen LogP contribution >= 0.6 is 0 Å². The second-order valence-electron chi connectivity index (χ2n) is 13.3. The molecule has 0 heterocycles. The summed E-state index contributed by atoms with van der Waals surface area (Å²) in [7, 11) is 0. The first-order chi connectivity index (χ1) is 25.5. The zero-order chi connectivity index (χ0) is 35.6. The van der Waals surface area contributed by atoms with Gasteiger partial charge in [-0.05, 0) is 81.6 Å². The summed E-state index contributed by atoms with van der Waals surface area (Å²) in [6.07, 6.45) is -0.0119. The van der Waals surface area contributed by atoms with Crippen LogP contribution in [0.25, 0.3) is 10.8 Å². The van der Waals surface area contributed by atoms with Crippen molar-refractivity contribution in [3.8, 4) is 23.0 Å². The zero-order valence-electron chi connectivity index (χ0n) is 28.5. The minimum absolute atomic E-state index is 0.0333. The van der Waals surface area contributed by atoms with Gasteiger partial charge in [0, 0.05) is 35.1 Å². The maximum absolute atomic E-state index is 9.60. The summed E-state index contributed by atoms with van der Waals surface area (Å²) in [4.78, 5) is 0. The summed E-state index contributed by atoms with van der Waals surface area (Å²) >= 11 is 0. The van der Waals surface area contributed by atoms with Crippen LogP contribution in [0.2, 0.25) is 0 Å². The molecule has 8 heteroatoms. The summed E-state index contributed by atoms with van der Waals surface area (Å²) < 4.78 is 26.6. The number of rotatable bonds is 12. The van der Waals surface area contributed by atoms with Gasteiger partial charge in [-0.3, -0.25) is 0 Å². The van der Waals surface area contributed by atoms with Crippen molar-refractivity contribution in [3.63, 3.8) is 0 Å². The molecule has 0 aromatic heterocycles. The van der Waals surface area contributed by atoms with Crippen LogP contribution in [0.1, 0.15) is 81.8 Å². The minimum atomic E-state index is -0.317. The van der Waals surface area contributed by atoms with E-state index in [1.807, 2.05) is 97.1 Å². The lowest BCUT2D eigenvalue weighted by atomic mass is 9.93. The van der Waals surface area contributed by atoms with Crippen LogP contribution in [0.3, 0.4) is 0 Å². The molecular weight excluding hydrogens is 656 g/mol. The van der Waals surface area contributed by atoms with Gasteiger partial charge in [-0.15, -0.1) is 0 Å². The monoisotopic (exact) mass is 696 g/mol. The Morgan fingerprint density at radius 2 is 0.615 bits per heavy atom. The number of aliphatic hydroxyl groups excluding tert-OH is 4. The van der Waals surface area contributed by atoms with Crippen LogP contribution in [0.4, 0.5) is 0 Å². The maximum atomic E-state index is 9.60. The topological polar surface area (TPSA) is 118 Å². The van der Waals surface area contributed by atoms with E-state index in [1.54, 1.807) is 0 Å². The van der Waals surface area contributed by atoms with E-state index >= 15 is 0 Å². The van der Waals surface area contributed by atoms with Crippen molar-refractivity contribution in [2.75, 3.05) is 0 Å². The fourth-order valence-electron chi connectivity index (χ4n) is 7.43. The van der Waals surface area contributed by atoms with Crippen molar-refractivity contribution >= 4 is 10.8 Å². The van der Waals surface area contributed by atoms with E-state index in [1.165, 1.54) is 0 Å². The van der Waals surface area contributed by atoms with Gasteiger partial charge in [-0.1, -0.05) is 72.8 Å². The van der Waals surface area contributed by atoms with Gasteiger partial charge in [0.15, 0.2) is 0 Å². The number of hydrogen-bond donors (Lipinski definition) is 4. The quantitative estimate of drug-likeness (QED) is 0.101. The normalized spacial score (nSPS) is 18.9. The van der Waals surface area contributed by atoms with Crippen LogP contribution in [0.15, 0.2) is 121 Å². The van der Waals surface area contributed by atoms with E-state index in [4.69, 9.17) is 18.9 Å². The molecule has 0 saturated carbocycles. The summed E-state index contributed by atoms with van der Waals surface area (Å²) in [6.45, 7) is -0.148. The number of fused-ring (bicyclic) bond motifs is 5. The minimum Gasteiger partial charge on any atom is -0.486 e. The SMILES string of the molecule is OCc1ccc(OC2CC(Oc3ccc(CO)cc3)c3c2ccc2c4c(ccc32)C(Oc2ccc(CO)cc2)CC4Oc2ccc(CO)cc2)cc1. The fraction of sp³-hybridized carbons (Fsp3) is 0.227. The van der Waals surface area contributed by atoms with Crippen LogP contribution in [-0.4, -0.2) is 20.4 Å². The molecule has 0 aliphatic heterocycles. The number of benzene rings is 6. The lowest BCUT2D eigenvalue weighted by molar-refractivity contribution is 0.136. The highest BCUT2D eigenvalue weighted by molar-refractivity contribution is 5.92. The largest absolute Gasteiger partial charge is 0.486 e. The van der Waals surface area contributed by atoms with Gasteiger partial charge in [-0.2, -0.15) is 0 Å². The third kappa shape index (κ3) is 6.69. The molecule has 6 aromatic carbocycles. The molecule has 4 N–H and O–H groups in total. The average Bonchev–Trinajstić information content (AvgIpc) is 3.72. The van der Waals surface area contributed by atoms with Gasteiger partial charge in [0.25, 0.3) is 0 Å². The highest BCUT2D eigenvalue weighted by atomic mass is 16.5. The van der Waals surface area contributed by atoms with Crippen LogP contribution in [0, 0.1) is 0 Å². The molecule has 2 aliphatic carbocycles. The van der Waals surface area contributed by atoms with Crippen molar-refractivity contribution in [2.24, 2.45) is 0 Å². The molecule has 6 aromatic rings. The van der Waals surface area contributed by atoms with Gasteiger partial charge in [0.05, 0.1) is 26.4 Å². The highest BCUT2D eigenvalue weighted by Crippen LogP contribution is 2.52. The standard InChI is InChI=1S/C44H40O8/c45-23-27-1-9-31(10-2-27)49-39-21-41(51-33-13-5-29(25-47)6-14-33)43-35-18-20-38-40(50-32-11-3-28(24-46)4-12-32)22-42(44(38)36(35)17-19-37(39)43)52-34-15-7-30(26-48)8-16-34/h1-20,39-42,45-48H,21-26H2. The molecule has 2 aliphatic rings. The van der Waals surface area contributed by atoms with E-state index in [9.17, 15) is 20.4 Å². The molecule has 264 valence electrons. The number of aliphatic hydroxyl groups is 4. The predicted molar refractivity (Wildman–Crippen MR) is 196 cm³/mol. The zero-order valence-corrected chi connectivity index (χ0v) is 28.5. The van der Waals surface area contributed by atoms with Crippen molar-refractivity contribution in [3.05, 3.63) is 166 Å². The van der Waals surface area contributed by atoms with Gasteiger partial charge in [0.2, 0.25) is 0 Å². The Morgan fingerprint density at radius 3 is 0.885 bits per heavy atom. The molecular formula is C44H40O8. The smallest absolute Gasteiger partial charge is 0.129 e. The first-order valence-corrected chi connectivity index (χ1v) is 17.6. The van der Waals surface area contributed by atoms with Crippen molar-refractivity contribution in [2.45, 2.75) is 63.7 Å². The summed E-state index contributed by atoms with van der Waals surface area (Å²) in [5.74, 6) is 2.82. The fourth-order valence-corrected chi connectivity index (χ4v) is 7.43. The Hall–Kier alpha value is -5.38. The van der Waals surface area contributed by atoms with E-state index in [-0.39, 0.29) is 50.8 Å². The lowest BCUT2D eigenvalue weighted by Crippen LogP contribution is -2.07. The average molecular weight is 697 g/mol. The Labute approximate surface area is 302 Å². The molecule has 4 unspecified atom stereocenters. The summed E-state index contributed by atoms with van der Waals surface area (Å²) in [5.41, 5.74) is 7.45. The van der Waals surface area contributed by atoms with Crippen molar-refractivity contribution < 1.29 is 39.4 Å². The van der Waals surface area contributed by atoms with Gasteiger partial charge >= 0.3 is 0 Å². The second kappa shape index (κ2) is 14.7. The maximum Gasteiger partial charge on any atom is 0.129 e. The first kappa shape index (κ1) is 33.7. The van der Waals surface area contributed by atoms with Crippen LogP contribution in [-0.2, 0) is 26.4 Å². The highest BCUT2D eigenvalue weighted by Gasteiger charge is 2.40. The molecule has 0 saturated heterocycles. The van der Waals surface area contributed by atoms with Crippen LogP contribution in [0.5, 0.6) is 23.0 Å². The van der Waals surface area contributed by atoms with E-state index < -0.39 is 0 Å². The lowest BCUT2D eigenvalue weighted by Gasteiger charge is -2.20. The summed E-state index contributed by atoms with van der Waals surface area (Å²) in [5, 5.41) is 40.4. The van der Waals surface area contributed by atoms with Gasteiger partial charge < -0.3 is 39.4 Å². The number of hydrogen-bond acceptors (Lipinski definition) is 8. The van der Waals surface area contributed by atoms with Crippen LogP contribution < -0.4 is 18.9 Å². The third-order valence-corrected chi connectivity index (χ3v) is 10.1. The first-order valence-electron chi connectivity index (χ1n) is 17.6. The number of ether oxygens (including phenoxy) is 4. The second-order valence-corrected chi connectivity index (χ2v) is 13.3. The molecule has 0 spiro atoms. The van der Waals surface area contributed by atoms with Crippen molar-refractivity contribution in [1.82, 2.24) is 0 Å². The molecule has 52 heavy (non-hydrogen) atoms. The predicted octanol–water partition coefficient (Wildman–Crippen LogP) is 8.10. The van der Waals surface area contributed by atoms with E-state index in [0.717, 1.165) is 55.3 Å². The Morgan fingerprint density at radius 1 is 0.346 bits per heavy atom. The molecule has 8 rings (SSSR count). The molecule has 0 fully saturated rings. The van der Waals surface area contributed by atoms with Gasteiger partial charge in [0.1, 0.15) is 47.4 Å². The molecule has 0 radical (unpaired) electrons. The molecule has 0 bridgehead atoms. The van der Waals surface area contributed by atoms with Crippen molar-refractivity contribution in [1.29, 1.82) is 0 Å². The van der Waals surface area contributed by atoms with E-state index in [2.05, 4.69) is 24.3 Å². The molecule has 4 atom stereocenters. The Kier molecular flexibility index (Phi) is 9.54. The molecule has 8 nitrogen and oxygen atoms in total. The van der Waals surface area contributed by atoms with Gasteiger partial charge in [-0.25, -0.2) is 0 Å². The summed E-state index contributed by atoms with van der Waals surface area (Å²) in [6, 6.07) is 38.6.